The highest BCUT2D eigenvalue weighted by Crippen LogP contribution is 2.28. The van der Waals surface area contributed by atoms with Gasteiger partial charge in [-0.25, -0.2) is 0 Å². The van der Waals surface area contributed by atoms with E-state index in [1.807, 2.05) is 24.3 Å². The first-order valence-corrected chi connectivity index (χ1v) is 8.36. The zero-order valence-corrected chi connectivity index (χ0v) is 15.4. The highest BCUT2D eigenvalue weighted by molar-refractivity contribution is 5.77. The minimum atomic E-state index is -0.313. The average Bonchev–Trinajstić information content (AvgIpc) is 2.70. The van der Waals surface area contributed by atoms with Gasteiger partial charge in [-0.1, -0.05) is 12.1 Å². The van der Waals surface area contributed by atoms with Gasteiger partial charge in [-0.15, -0.1) is 0 Å². The molecule has 2 aromatic rings. The molecule has 0 aliphatic heterocycles. The summed E-state index contributed by atoms with van der Waals surface area (Å²) in [6.45, 7) is 1.02. The molecule has 0 unspecified atom stereocenters. The number of hydrogen-bond donors (Lipinski definition) is 1. The molecule has 0 radical (unpaired) electrons. The van der Waals surface area contributed by atoms with Crippen molar-refractivity contribution in [2.24, 2.45) is 0 Å². The summed E-state index contributed by atoms with van der Waals surface area (Å²) in [5, 5.41) is 11.2. The third-order valence-electron chi connectivity index (χ3n) is 3.61. The fourth-order valence-corrected chi connectivity index (χ4v) is 2.28. The van der Waals surface area contributed by atoms with E-state index in [1.165, 1.54) is 0 Å². The van der Waals surface area contributed by atoms with Crippen molar-refractivity contribution in [2.45, 2.75) is 13.0 Å². The molecular formula is C20H22N2O5. The van der Waals surface area contributed by atoms with E-state index in [9.17, 15) is 4.79 Å². The Morgan fingerprint density at radius 3 is 2.52 bits per heavy atom. The largest absolute Gasteiger partial charge is 0.497 e. The van der Waals surface area contributed by atoms with Crippen LogP contribution < -0.4 is 24.3 Å². The number of carbonyl (C=O) groups is 1. The first kappa shape index (κ1) is 19.9. The summed E-state index contributed by atoms with van der Waals surface area (Å²) in [7, 11) is 3.15. The molecular weight excluding hydrogens is 348 g/mol. The van der Waals surface area contributed by atoms with E-state index in [0.29, 0.717) is 37.0 Å². The molecule has 0 heterocycles. The maximum absolute atomic E-state index is 11.4. The van der Waals surface area contributed by atoms with Gasteiger partial charge in [0.1, 0.15) is 31.1 Å². The molecule has 0 aromatic heterocycles. The van der Waals surface area contributed by atoms with Crippen molar-refractivity contribution in [2.75, 3.05) is 27.4 Å². The molecule has 7 heteroatoms. The Balaban J connectivity index is 1.85. The Labute approximate surface area is 158 Å². The Hall–Kier alpha value is -3.40. The van der Waals surface area contributed by atoms with Gasteiger partial charge in [-0.2, -0.15) is 5.26 Å². The second kappa shape index (κ2) is 10.6. The second-order valence-electron chi connectivity index (χ2n) is 5.47. The molecule has 0 saturated carbocycles. The van der Waals surface area contributed by atoms with Crippen LogP contribution in [0.1, 0.15) is 12.0 Å². The number of benzene rings is 2. The van der Waals surface area contributed by atoms with Crippen molar-refractivity contribution in [3.05, 3.63) is 48.0 Å². The topological polar surface area (TPSA) is 89.8 Å². The van der Waals surface area contributed by atoms with Crippen molar-refractivity contribution in [3.63, 3.8) is 0 Å². The Kier molecular flexibility index (Phi) is 7.79. The predicted molar refractivity (Wildman–Crippen MR) is 99.1 cm³/mol. The first-order valence-electron chi connectivity index (χ1n) is 8.36. The molecule has 0 aliphatic carbocycles. The number of methoxy groups -OCH3 is 2. The summed E-state index contributed by atoms with van der Waals surface area (Å²) < 4.78 is 21.8. The Bertz CT molecular complexity index is 801. The zero-order valence-electron chi connectivity index (χ0n) is 15.4. The third kappa shape index (κ3) is 6.44. The van der Waals surface area contributed by atoms with Crippen LogP contribution in [0.2, 0.25) is 0 Å². The molecule has 27 heavy (non-hydrogen) atoms. The fraction of sp³-hybridized carbons (Fsp3) is 0.300. The summed E-state index contributed by atoms with van der Waals surface area (Å²) in [5.74, 6) is 2.26. The molecule has 7 nitrogen and oxygen atoms in total. The van der Waals surface area contributed by atoms with Crippen LogP contribution in [-0.2, 0) is 11.3 Å². The van der Waals surface area contributed by atoms with E-state index in [0.717, 1.165) is 11.3 Å². The number of ether oxygens (including phenoxy) is 4. The van der Waals surface area contributed by atoms with Gasteiger partial charge in [0.2, 0.25) is 5.91 Å². The quantitative estimate of drug-likeness (QED) is 0.647. The van der Waals surface area contributed by atoms with Crippen LogP contribution in [0.4, 0.5) is 0 Å². The summed E-state index contributed by atoms with van der Waals surface area (Å²) in [4.78, 5) is 11.4. The molecule has 0 bridgehead atoms. The number of hydrogen-bond acceptors (Lipinski definition) is 6. The van der Waals surface area contributed by atoms with Crippen LogP contribution in [0.3, 0.4) is 0 Å². The number of nitrogens with zero attached hydrogens (tertiary/aromatic N) is 1. The summed E-state index contributed by atoms with van der Waals surface area (Å²) >= 11 is 0. The zero-order chi connectivity index (χ0) is 19.5. The normalized spacial score (nSPS) is 9.81. The fourth-order valence-electron chi connectivity index (χ4n) is 2.28. The van der Waals surface area contributed by atoms with Gasteiger partial charge in [0, 0.05) is 12.6 Å². The van der Waals surface area contributed by atoms with Crippen LogP contribution in [0.5, 0.6) is 23.0 Å². The molecule has 0 aliphatic rings. The summed E-state index contributed by atoms with van der Waals surface area (Å²) in [5.41, 5.74) is 0.845. The first-order chi connectivity index (χ1) is 13.2. The minimum Gasteiger partial charge on any atom is -0.497 e. The smallest absolute Gasteiger partial charge is 0.234 e. The van der Waals surface area contributed by atoms with E-state index in [2.05, 4.69) is 5.32 Å². The van der Waals surface area contributed by atoms with Gasteiger partial charge in [0.25, 0.3) is 0 Å². The summed E-state index contributed by atoms with van der Waals surface area (Å²) in [6, 6.07) is 14.5. The molecule has 0 fully saturated rings. The van der Waals surface area contributed by atoms with Gasteiger partial charge in [0.05, 0.1) is 20.3 Å². The average molecular weight is 370 g/mol. The highest BCUT2D eigenvalue weighted by atomic mass is 16.5. The Morgan fingerprint density at radius 2 is 1.78 bits per heavy atom. The van der Waals surface area contributed by atoms with Crippen LogP contribution >= 0.6 is 0 Å². The lowest BCUT2D eigenvalue weighted by Crippen LogP contribution is -2.21. The van der Waals surface area contributed by atoms with Crippen molar-refractivity contribution < 1.29 is 23.7 Å². The van der Waals surface area contributed by atoms with Crippen LogP contribution in [-0.4, -0.2) is 33.3 Å². The predicted octanol–water partition coefficient (Wildman–Crippen LogP) is 2.69. The lowest BCUT2D eigenvalue weighted by molar-refractivity contribution is -0.120. The number of rotatable bonds is 10. The highest BCUT2D eigenvalue weighted by Gasteiger charge is 2.07. The van der Waals surface area contributed by atoms with Crippen LogP contribution in [0, 0.1) is 11.3 Å². The molecule has 2 rings (SSSR count). The van der Waals surface area contributed by atoms with Crippen molar-refractivity contribution in [1.29, 1.82) is 5.26 Å². The maximum Gasteiger partial charge on any atom is 0.234 e. The molecule has 2 aromatic carbocycles. The number of carbonyl (C=O) groups excluding carboxylic acids is 1. The lowest BCUT2D eigenvalue weighted by atomic mass is 10.2. The number of nitriles is 1. The molecule has 0 spiro atoms. The van der Waals surface area contributed by atoms with E-state index in [4.69, 9.17) is 24.2 Å². The SMILES string of the molecule is COc1cccc(OCCOc2ccc(CNC(=O)CC#N)cc2OC)c1. The summed E-state index contributed by atoms with van der Waals surface area (Å²) in [6.07, 6.45) is -0.161. The molecule has 0 saturated heterocycles. The lowest BCUT2D eigenvalue weighted by Gasteiger charge is -2.13. The monoisotopic (exact) mass is 370 g/mol. The standard InChI is InChI=1S/C20H22N2O5/c1-24-16-4-3-5-17(13-16)26-10-11-27-18-7-6-15(12-19(18)25-2)14-22-20(23)8-9-21/h3-7,12-13H,8,10-11,14H2,1-2H3,(H,22,23). The van der Waals surface area contributed by atoms with Gasteiger partial charge >= 0.3 is 0 Å². The number of nitrogens with one attached hydrogen (secondary N) is 1. The molecule has 1 N–H and O–H groups in total. The maximum atomic E-state index is 11.4. The van der Waals surface area contributed by atoms with E-state index in [1.54, 1.807) is 38.5 Å². The van der Waals surface area contributed by atoms with Gasteiger partial charge in [0.15, 0.2) is 11.5 Å². The van der Waals surface area contributed by atoms with Gasteiger partial charge < -0.3 is 24.3 Å². The molecule has 1 amide bonds. The molecule has 142 valence electrons. The van der Waals surface area contributed by atoms with E-state index >= 15 is 0 Å². The van der Waals surface area contributed by atoms with Crippen molar-refractivity contribution in [3.8, 4) is 29.1 Å². The van der Waals surface area contributed by atoms with E-state index in [-0.39, 0.29) is 12.3 Å². The van der Waals surface area contributed by atoms with Crippen LogP contribution in [0.15, 0.2) is 42.5 Å². The van der Waals surface area contributed by atoms with Gasteiger partial charge in [-0.3, -0.25) is 4.79 Å². The third-order valence-corrected chi connectivity index (χ3v) is 3.61. The van der Waals surface area contributed by atoms with Crippen LogP contribution in [0.25, 0.3) is 0 Å². The molecule has 0 atom stereocenters. The van der Waals surface area contributed by atoms with Gasteiger partial charge in [-0.05, 0) is 29.8 Å². The number of amides is 1. The van der Waals surface area contributed by atoms with Crippen molar-refractivity contribution >= 4 is 5.91 Å². The Morgan fingerprint density at radius 1 is 1.00 bits per heavy atom. The minimum absolute atomic E-state index is 0.161. The van der Waals surface area contributed by atoms with Crippen molar-refractivity contribution in [1.82, 2.24) is 5.32 Å². The van der Waals surface area contributed by atoms with E-state index < -0.39 is 0 Å². The second-order valence-corrected chi connectivity index (χ2v) is 5.47.